The van der Waals surface area contributed by atoms with E-state index in [9.17, 15) is 4.79 Å². The number of aryl methyl sites for hydroxylation is 3. The Hall–Kier alpha value is -3.95. The summed E-state index contributed by atoms with van der Waals surface area (Å²) in [6.07, 6.45) is 1.51. The molecule has 0 fully saturated rings. The number of ether oxygens (including phenoxy) is 1. The van der Waals surface area contributed by atoms with Gasteiger partial charge in [0.05, 0.1) is 37.3 Å². The molecule has 1 aromatic carbocycles. The zero-order valence-corrected chi connectivity index (χ0v) is 19.4. The molecule has 2 N–H and O–H groups in total. The summed E-state index contributed by atoms with van der Waals surface area (Å²) in [5.41, 5.74) is 12.4. The van der Waals surface area contributed by atoms with Gasteiger partial charge in [0.1, 0.15) is 34.8 Å². The van der Waals surface area contributed by atoms with Crippen LogP contribution in [-0.2, 0) is 13.1 Å². The second kappa shape index (κ2) is 7.58. The van der Waals surface area contributed by atoms with Gasteiger partial charge in [-0.25, -0.2) is 19.6 Å². The third kappa shape index (κ3) is 3.12. The molecule has 0 atom stereocenters. The highest BCUT2D eigenvalue weighted by Gasteiger charge is 2.31. The van der Waals surface area contributed by atoms with E-state index in [-0.39, 0.29) is 5.91 Å². The van der Waals surface area contributed by atoms with E-state index in [1.54, 1.807) is 12.0 Å². The van der Waals surface area contributed by atoms with E-state index in [1.165, 1.54) is 6.33 Å². The number of benzene rings is 1. The normalized spacial score (nSPS) is 13.4. The third-order valence-electron chi connectivity index (χ3n) is 6.37. The Morgan fingerprint density at radius 2 is 1.85 bits per heavy atom. The van der Waals surface area contributed by atoms with Crippen molar-refractivity contribution < 1.29 is 9.53 Å². The Kier molecular flexibility index (Phi) is 4.80. The van der Waals surface area contributed by atoms with Crippen molar-refractivity contribution in [2.45, 2.75) is 40.8 Å². The lowest BCUT2D eigenvalue weighted by Crippen LogP contribution is -2.39. The summed E-state index contributed by atoms with van der Waals surface area (Å²) < 4.78 is 9.20. The van der Waals surface area contributed by atoms with Gasteiger partial charge < -0.3 is 15.4 Å². The first-order valence-corrected chi connectivity index (χ1v) is 10.8. The van der Waals surface area contributed by atoms with Crippen molar-refractivity contribution >= 4 is 22.9 Å². The fourth-order valence-electron chi connectivity index (χ4n) is 4.48. The van der Waals surface area contributed by atoms with Gasteiger partial charge in [-0.3, -0.25) is 9.36 Å². The standard InChI is InChI=1S/C23H26N8O2/c1-12-6-7-16(33-5)13(2)20(12)31-21(24)18(19-22(31)28-15(4)14(3)27-19)23(32)29-8-9-30-17(10-29)25-11-26-30/h6-7,11H,8-10,24H2,1-5H3. The second-order valence-corrected chi connectivity index (χ2v) is 8.35. The van der Waals surface area contributed by atoms with E-state index >= 15 is 0 Å². The van der Waals surface area contributed by atoms with Crippen LogP contribution in [0.4, 0.5) is 5.82 Å². The fraction of sp³-hybridized carbons (Fsp3) is 0.348. The third-order valence-corrected chi connectivity index (χ3v) is 6.37. The van der Waals surface area contributed by atoms with Gasteiger partial charge in [-0.1, -0.05) is 6.07 Å². The van der Waals surface area contributed by atoms with Gasteiger partial charge in [0.15, 0.2) is 5.65 Å². The molecule has 3 aromatic heterocycles. The molecule has 0 bridgehead atoms. The molecule has 1 aliphatic heterocycles. The molecule has 0 saturated carbocycles. The summed E-state index contributed by atoms with van der Waals surface area (Å²) in [4.78, 5) is 29.4. The number of hydrogen-bond acceptors (Lipinski definition) is 7. The summed E-state index contributed by atoms with van der Waals surface area (Å²) in [7, 11) is 1.63. The van der Waals surface area contributed by atoms with Crippen LogP contribution in [0.2, 0.25) is 0 Å². The maximum atomic E-state index is 13.8. The number of carbonyl (C=O) groups excluding carboxylic acids is 1. The van der Waals surface area contributed by atoms with Gasteiger partial charge in [-0.15, -0.1) is 0 Å². The number of nitrogen functional groups attached to an aromatic ring is 1. The lowest BCUT2D eigenvalue weighted by molar-refractivity contribution is 0.0705. The Labute approximate surface area is 191 Å². The molecular formula is C23H26N8O2. The summed E-state index contributed by atoms with van der Waals surface area (Å²) in [5.74, 6) is 1.60. The first kappa shape index (κ1) is 20.9. The van der Waals surface area contributed by atoms with Gasteiger partial charge in [0.25, 0.3) is 5.91 Å². The molecular weight excluding hydrogens is 420 g/mol. The number of nitrogens with two attached hydrogens (primary N) is 1. The van der Waals surface area contributed by atoms with E-state index in [4.69, 9.17) is 20.4 Å². The number of carbonyl (C=O) groups is 1. The Bertz CT molecular complexity index is 1420. The van der Waals surface area contributed by atoms with Gasteiger partial charge in [-0.05, 0) is 39.3 Å². The predicted molar refractivity (Wildman–Crippen MR) is 124 cm³/mol. The van der Waals surface area contributed by atoms with Crippen molar-refractivity contribution in [2.24, 2.45) is 0 Å². The molecule has 5 rings (SSSR count). The smallest absolute Gasteiger partial charge is 0.260 e. The molecule has 0 unspecified atom stereocenters. The van der Waals surface area contributed by atoms with E-state index in [0.717, 1.165) is 39.8 Å². The van der Waals surface area contributed by atoms with Crippen molar-refractivity contribution in [3.8, 4) is 11.4 Å². The molecule has 0 aliphatic carbocycles. The molecule has 10 heteroatoms. The molecule has 0 saturated heterocycles. The minimum absolute atomic E-state index is 0.193. The van der Waals surface area contributed by atoms with Crippen LogP contribution in [0.3, 0.4) is 0 Å². The highest BCUT2D eigenvalue weighted by atomic mass is 16.5. The molecule has 10 nitrogen and oxygen atoms in total. The maximum Gasteiger partial charge on any atom is 0.260 e. The van der Waals surface area contributed by atoms with Crippen LogP contribution >= 0.6 is 0 Å². The lowest BCUT2D eigenvalue weighted by Gasteiger charge is -2.26. The average Bonchev–Trinajstić information content (AvgIpc) is 3.36. The topological polar surface area (TPSA) is 117 Å². The zero-order valence-electron chi connectivity index (χ0n) is 19.4. The number of rotatable bonds is 3. The molecule has 4 aromatic rings. The van der Waals surface area contributed by atoms with Crippen molar-refractivity contribution in [1.29, 1.82) is 0 Å². The second-order valence-electron chi connectivity index (χ2n) is 8.35. The molecule has 0 spiro atoms. The summed E-state index contributed by atoms with van der Waals surface area (Å²) in [5, 5.41) is 4.20. The Morgan fingerprint density at radius 3 is 2.61 bits per heavy atom. The highest BCUT2D eigenvalue weighted by molar-refractivity contribution is 6.10. The van der Waals surface area contributed by atoms with Crippen LogP contribution in [0.15, 0.2) is 18.5 Å². The van der Waals surface area contributed by atoms with Gasteiger partial charge >= 0.3 is 0 Å². The molecule has 170 valence electrons. The monoisotopic (exact) mass is 446 g/mol. The molecule has 0 radical (unpaired) electrons. The number of aromatic nitrogens is 6. The first-order valence-electron chi connectivity index (χ1n) is 10.8. The van der Waals surface area contributed by atoms with Crippen molar-refractivity contribution in [3.63, 3.8) is 0 Å². The van der Waals surface area contributed by atoms with E-state index < -0.39 is 0 Å². The molecule has 33 heavy (non-hydrogen) atoms. The SMILES string of the molecule is COc1ccc(C)c(-n2c(N)c(C(=O)N3CCn4ncnc4C3)c3nc(C)c(C)nc32)c1C. The maximum absolute atomic E-state index is 13.8. The molecule has 1 amide bonds. The van der Waals surface area contributed by atoms with Crippen molar-refractivity contribution in [2.75, 3.05) is 19.4 Å². The zero-order chi connectivity index (χ0) is 23.4. The Balaban J connectivity index is 1.75. The predicted octanol–water partition coefficient (Wildman–Crippen LogP) is 2.49. The van der Waals surface area contributed by atoms with Crippen molar-refractivity contribution in [1.82, 2.24) is 34.2 Å². The highest BCUT2D eigenvalue weighted by Crippen LogP contribution is 2.36. The van der Waals surface area contributed by atoms with Crippen LogP contribution in [0.5, 0.6) is 5.75 Å². The quantitative estimate of drug-likeness (QED) is 0.514. The lowest BCUT2D eigenvalue weighted by atomic mass is 10.1. The van der Waals surface area contributed by atoms with Gasteiger partial charge in [0, 0.05) is 12.1 Å². The van der Waals surface area contributed by atoms with E-state index in [0.29, 0.717) is 42.2 Å². The minimum Gasteiger partial charge on any atom is -0.496 e. The number of methoxy groups -OCH3 is 1. The summed E-state index contributed by atoms with van der Waals surface area (Å²) in [6, 6.07) is 3.90. The summed E-state index contributed by atoms with van der Waals surface area (Å²) in [6.45, 7) is 9.21. The van der Waals surface area contributed by atoms with Crippen LogP contribution < -0.4 is 10.5 Å². The number of hydrogen-bond donors (Lipinski definition) is 1. The molecule has 4 heterocycles. The van der Waals surface area contributed by atoms with Crippen LogP contribution in [0, 0.1) is 27.7 Å². The number of amides is 1. The van der Waals surface area contributed by atoms with E-state index in [2.05, 4.69) is 10.1 Å². The van der Waals surface area contributed by atoms with Gasteiger partial charge in [-0.2, -0.15) is 5.10 Å². The average molecular weight is 447 g/mol. The van der Waals surface area contributed by atoms with Crippen LogP contribution in [0.1, 0.15) is 38.7 Å². The Morgan fingerprint density at radius 1 is 1.09 bits per heavy atom. The van der Waals surface area contributed by atoms with Gasteiger partial charge in [0.2, 0.25) is 0 Å². The van der Waals surface area contributed by atoms with Crippen LogP contribution in [-0.4, -0.2) is 53.8 Å². The largest absolute Gasteiger partial charge is 0.496 e. The number of fused-ring (bicyclic) bond motifs is 2. The fourth-order valence-corrected chi connectivity index (χ4v) is 4.48. The molecule has 1 aliphatic rings. The number of nitrogens with zero attached hydrogens (tertiary/aromatic N) is 7. The van der Waals surface area contributed by atoms with Crippen LogP contribution in [0.25, 0.3) is 16.9 Å². The van der Waals surface area contributed by atoms with E-state index in [1.807, 2.05) is 49.1 Å². The minimum atomic E-state index is -0.193. The first-order chi connectivity index (χ1) is 15.8. The van der Waals surface area contributed by atoms with Crippen molar-refractivity contribution in [3.05, 3.63) is 52.4 Å². The summed E-state index contributed by atoms with van der Waals surface area (Å²) >= 11 is 0. The number of anilines is 1.